The van der Waals surface area contributed by atoms with E-state index in [9.17, 15) is 9.90 Å². The van der Waals surface area contributed by atoms with E-state index in [1.54, 1.807) is 6.92 Å². The first-order valence-corrected chi connectivity index (χ1v) is 4.62. The van der Waals surface area contributed by atoms with E-state index in [1.165, 1.54) is 0 Å². The third-order valence-corrected chi connectivity index (χ3v) is 1.50. The lowest BCUT2D eigenvalue weighted by atomic mass is 10.2. The largest absolute Gasteiger partial charge is 0.466 e. The van der Waals surface area contributed by atoms with Gasteiger partial charge in [-0.1, -0.05) is 0 Å². The molecule has 0 aromatic carbocycles. The van der Waals surface area contributed by atoms with Crippen molar-refractivity contribution >= 4 is 5.97 Å². The number of hydrogen-bond donors (Lipinski definition) is 1. The normalized spacial score (nSPS) is 12.5. The molecule has 1 atom stereocenters. The second kappa shape index (κ2) is 8.01. The molecular formula is C9H18O4. The topological polar surface area (TPSA) is 55.8 Å². The maximum Gasteiger partial charge on any atom is 0.305 e. The Bertz CT molecular complexity index is 136. The van der Waals surface area contributed by atoms with E-state index in [0.29, 0.717) is 19.6 Å². The van der Waals surface area contributed by atoms with E-state index in [1.807, 2.05) is 6.92 Å². The van der Waals surface area contributed by atoms with Gasteiger partial charge in [0.2, 0.25) is 0 Å². The van der Waals surface area contributed by atoms with Crippen molar-refractivity contribution in [3.05, 3.63) is 0 Å². The number of rotatable bonds is 7. The van der Waals surface area contributed by atoms with Crippen molar-refractivity contribution in [1.29, 1.82) is 0 Å². The van der Waals surface area contributed by atoms with Crippen molar-refractivity contribution in [1.82, 2.24) is 0 Å². The molecule has 0 radical (unpaired) electrons. The summed E-state index contributed by atoms with van der Waals surface area (Å²) in [6.07, 6.45) is 0.0883. The Kier molecular flexibility index (Phi) is 7.63. The predicted molar refractivity (Wildman–Crippen MR) is 48.4 cm³/mol. The van der Waals surface area contributed by atoms with Gasteiger partial charge in [0, 0.05) is 13.0 Å². The minimum atomic E-state index is -0.565. The van der Waals surface area contributed by atoms with E-state index in [-0.39, 0.29) is 19.0 Å². The van der Waals surface area contributed by atoms with Crippen LogP contribution in [0.15, 0.2) is 0 Å². The van der Waals surface area contributed by atoms with Crippen LogP contribution >= 0.6 is 0 Å². The standard InChI is InChI=1S/C9H18O4/c1-3-12-7-8(10)5-6-9(11)13-4-2/h8,10H,3-7H2,1-2H3/t8-/m1/s1. The van der Waals surface area contributed by atoms with Gasteiger partial charge in [0.1, 0.15) is 0 Å². The van der Waals surface area contributed by atoms with Crippen LogP contribution in [0.5, 0.6) is 0 Å². The summed E-state index contributed by atoms with van der Waals surface area (Å²) in [6, 6.07) is 0. The Balaban J connectivity index is 3.34. The van der Waals surface area contributed by atoms with Gasteiger partial charge in [-0.05, 0) is 20.3 Å². The molecule has 0 fully saturated rings. The van der Waals surface area contributed by atoms with Crippen LogP contribution in [0.3, 0.4) is 0 Å². The Morgan fingerprint density at radius 1 is 1.38 bits per heavy atom. The molecule has 0 saturated carbocycles. The summed E-state index contributed by atoms with van der Waals surface area (Å²) in [4.78, 5) is 10.8. The lowest BCUT2D eigenvalue weighted by molar-refractivity contribution is -0.143. The quantitative estimate of drug-likeness (QED) is 0.601. The average molecular weight is 190 g/mol. The van der Waals surface area contributed by atoms with Gasteiger partial charge in [-0.2, -0.15) is 0 Å². The fourth-order valence-corrected chi connectivity index (χ4v) is 0.855. The Labute approximate surface area is 78.8 Å². The van der Waals surface area contributed by atoms with Gasteiger partial charge < -0.3 is 14.6 Å². The zero-order valence-electron chi connectivity index (χ0n) is 8.28. The highest BCUT2D eigenvalue weighted by atomic mass is 16.5. The maximum atomic E-state index is 10.8. The Morgan fingerprint density at radius 2 is 2.08 bits per heavy atom. The molecule has 0 bridgehead atoms. The molecule has 0 rings (SSSR count). The molecule has 0 aromatic rings. The average Bonchev–Trinajstić information content (AvgIpc) is 2.12. The van der Waals surface area contributed by atoms with E-state index in [2.05, 4.69) is 0 Å². The summed E-state index contributed by atoms with van der Waals surface area (Å²) in [7, 11) is 0. The first-order chi connectivity index (χ1) is 6.20. The van der Waals surface area contributed by atoms with Crippen LogP contribution in [-0.2, 0) is 14.3 Å². The number of aliphatic hydroxyl groups is 1. The molecule has 0 amide bonds. The molecule has 0 saturated heterocycles. The number of aliphatic hydroxyl groups excluding tert-OH is 1. The summed E-state index contributed by atoms with van der Waals surface area (Å²) >= 11 is 0. The van der Waals surface area contributed by atoms with Crippen LogP contribution in [0.25, 0.3) is 0 Å². The minimum absolute atomic E-state index is 0.252. The summed E-state index contributed by atoms with van der Waals surface area (Å²) < 4.78 is 9.69. The number of carbonyl (C=O) groups excluding carboxylic acids is 1. The molecule has 0 unspecified atom stereocenters. The van der Waals surface area contributed by atoms with Crippen LogP contribution in [0, 0.1) is 0 Å². The van der Waals surface area contributed by atoms with Crippen LogP contribution < -0.4 is 0 Å². The zero-order chi connectivity index (χ0) is 10.1. The summed E-state index contributed by atoms with van der Waals surface area (Å²) in [5.74, 6) is -0.266. The Hall–Kier alpha value is -0.610. The van der Waals surface area contributed by atoms with Crippen molar-refractivity contribution in [3.8, 4) is 0 Å². The number of ether oxygens (including phenoxy) is 2. The van der Waals surface area contributed by atoms with Crippen molar-refractivity contribution in [3.63, 3.8) is 0 Å². The molecule has 13 heavy (non-hydrogen) atoms. The van der Waals surface area contributed by atoms with Crippen molar-refractivity contribution in [2.24, 2.45) is 0 Å². The van der Waals surface area contributed by atoms with E-state index in [0.717, 1.165) is 0 Å². The molecule has 0 spiro atoms. The third-order valence-electron chi connectivity index (χ3n) is 1.50. The zero-order valence-corrected chi connectivity index (χ0v) is 8.28. The fourth-order valence-electron chi connectivity index (χ4n) is 0.855. The molecule has 0 heterocycles. The van der Waals surface area contributed by atoms with Crippen molar-refractivity contribution in [2.45, 2.75) is 32.8 Å². The van der Waals surface area contributed by atoms with Crippen molar-refractivity contribution < 1.29 is 19.4 Å². The molecule has 0 aliphatic heterocycles. The van der Waals surface area contributed by atoms with Gasteiger partial charge in [-0.15, -0.1) is 0 Å². The van der Waals surface area contributed by atoms with E-state index in [4.69, 9.17) is 9.47 Å². The lowest BCUT2D eigenvalue weighted by Gasteiger charge is -2.09. The molecule has 0 aliphatic carbocycles. The first kappa shape index (κ1) is 12.4. The summed E-state index contributed by atoms with van der Waals surface area (Å²) in [5, 5.41) is 9.26. The highest BCUT2D eigenvalue weighted by Gasteiger charge is 2.08. The van der Waals surface area contributed by atoms with Gasteiger partial charge >= 0.3 is 5.97 Å². The molecule has 1 N–H and O–H groups in total. The third kappa shape index (κ3) is 7.74. The van der Waals surface area contributed by atoms with Gasteiger partial charge in [-0.25, -0.2) is 0 Å². The Morgan fingerprint density at radius 3 is 2.62 bits per heavy atom. The van der Waals surface area contributed by atoms with Gasteiger partial charge in [-0.3, -0.25) is 4.79 Å². The van der Waals surface area contributed by atoms with Gasteiger partial charge in [0.25, 0.3) is 0 Å². The smallest absolute Gasteiger partial charge is 0.305 e. The number of hydrogen-bond acceptors (Lipinski definition) is 4. The maximum absolute atomic E-state index is 10.8. The second-order valence-corrected chi connectivity index (χ2v) is 2.66. The van der Waals surface area contributed by atoms with Gasteiger partial charge in [0.15, 0.2) is 0 Å². The highest BCUT2D eigenvalue weighted by molar-refractivity contribution is 5.69. The number of carbonyl (C=O) groups is 1. The lowest BCUT2D eigenvalue weighted by Crippen LogP contribution is -2.17. The van der Waals surface area contributed by atoms with Gasteiger partial charge in [0.05, 0.1) is 19.3 Å². The van der Waals surface area contributed by atoms with Crippen LogP contribution in [0.1, 0.15) is 26.7 Å². The highest BCUT2D eigenvalue weighted by Crippen LogP contribution is 1.99. The minimum Gasteiger partial charge on any atom is -0.466 e. The molecule has 0 aliphatic rings. The molecule has 4 nitrogen and oxygen atoms in total. The summed E-state index contributed by atoms with van der Waals surface area (Å²) in [6.45, 7) is 4.87. The van der Waals surface area contributed by atoms with E-state index >= 15 is 0 Å². The second-order valence-electron chi connectivity index (χ2n) is 2.66. The molecule has 0 aromatic heterocycles. The SMILES string of the molecule is CCOC[C@H](O)CCC(=O)OCC. The van der Waals surface area contributed by atoms with E-state index < -0.39 is 6.10 Å². The molecule has 78 valence electrons. The predicted octanol–water partition coefficient (Wildman–Crippen LogP) is 0.727. The first-order valence-electron chi connectivity index (χ1n) is 4.62. The number of esters is 1. The summed E-state index contributed by atoms with van der Waals surface area (Å²) in [5.41, 5.74) is 0. The van der Waals surface area contributed by atoms with Crippen LogP contribution in [0.4, 0.5) is 0 Å². The van der Waals surface area contributed by atoms with Crippen LogP contribution in [0.2, 0.25) is 0 Å². The fraction of sp³-hybridized carbons (Fsp3) is 0.889. The van der Waals surface area contributed by atoms with Crippen LogP contribution in [-0.4, -0.2) is 37.0 Å². The molecule has 4 heteroatoms. The molecular weight excluding hydrogens is 172 g/mol. The monoisotopic (exact) mass is 190 g/mol. The van der Waals surface area contributed by atoms with Crippen molar-refractivity contribution in [2.75, 3.05) is 19.8 Å².